The lowest BCUT2D eigenvalue weighted by atomic mass is 9.81. The first kappa shape index (κ1) is 27.2. The van der Waals surface area contributed by atoms with Crippen LogP contribution in [0.4, 0.5) is 0 Å². The zero-order chi connectivity index (χ0) is 32.0. The topological polar surface area (TPSA) is 13.1 Å². The summed E-state index contributed by atoms with van der Waals surface area (Å²) in [6, 6.07) is 57.7. The van der Waals surface area contributed by atoms with E-state index in [9.17, 15) is 0 Å². The molecule has 8 aromatic carbocycles. The molecule has 0 aliphatic heterocycles. The molecule has 9 aromatic rings. The minimum absolute atomic E-state index is 0.0291. The fourth-order valence-electron chi connectivity index (χ4n) is 8.15. The van der Waals surface area contributed by atoms with Crippen LogP contribution in [0.15, 0.2) is 162 Å². The highest BCUT2D eigenvalue weighted by molar-refractivity contribution is 6.11. The van der Waals surface area contributed by atoms with Crippen LogP contribution >= 0.6 is 0 Å². The van der Waals surface area contributed by atoms with Crippen molar-refractivity contribution in [1.29, 1.82) is 0 Å². The average Bonchev–Trinajstić information content (AvgIpc) is 3.63. The predicted octanol–water partition coefficient (Wildman–Crippen LogP) is 13.2. The molecule has 0 radical (unpaired) electrons. The molecule has 0 fully saturated rings. The SMILES string of the molecule is CC1(C)c2ccccc2-c2cc3ccc4ccc(-c5cccc(-c6cccc(-c7cccc8c7oc7ccccc78)c6)c5)cc4c3cc21. The van der Waals surface area contributed by atoms with Crippen LogP contribution in [0, 0.1) is 0 Å². The Labute approximate surface area is 279 Å². The molecule has 48 heavy (non-hydrogen) atoms. The van der Waals surface area contributed by atoms with E-state index in [1.54, 1.807) is 0 Å². The van der Waals surface area contributed by atoms with E-state index in [2.05, 4.69) is 159 Å². The van der Waals surface area contributed by atoms with Gasteiger partial charge in [0, 0.05) is 21.8 Å². The molecule has 0 saturated heterocycles. The summed E-state index contributed by atoms with van der Waals surface area (Å²) in [6.07, 6.45) is 0. The molecule has 10 rings (SSSR count). The number of benzene rings is 8. The van der Waals surface area contributed by atoms with Gasteiger partial charge in [-0.1, -0.05) is 135 Å². The minimum atomic E-state index is -0.0291. The summed E-state index contributed by atoms with van der Waals surface area (Å²) in [6.45, 7) is 4.72. The van der Waals surface area contributed by atoms with Gasteiger partial charge in [0.15, 0.2) is 0 Å². The first-order valence-electron chi connectivity index (χ1n) is 16.8. The number of hydrogen-bond donors (Lipinski definition) is 0. The second kappa shape index (κ2) is 10.0. The van der Waals surface area contributed by atoms with Gasteiger partial charge >= 0.3 is 0 Å². The molecule has 1 nitrogen and oxygen atoms in total. The quantitative estimate of drug-likeness (QED) is 0.181. The molecule has 0 amide bonds. The number of para-hydroxylation sites is 2. The van der Waals surface area contributed by atoms with Crippen molar-refractivity contribution in [1.82, 2.24) is 0 Å². The van der Waals surface area contributed by atoms with Crippen LogP contribution in [0.1, 0.15) is 25.0 Å². The zero-order valence-corrected chi connectivity index (χ0v) is 26.9. The molecule has 226 valence electrons. The van der Waals surface area contributed by atoms with E-state index in [0.29, 0.717) is 0 Å². The molecule has 1 aliphatic carbocycles. The Kier molecular flexibility index (Phi) is 5.69. The second-order valence-electron chi connectivity index (χ2n) is 13.7. The van der Waals surface area contributed by atoms with Crippen molar-refractivity contribution in [2.45, 2.75) is 19.3 Å². The second-order valence-corrected chi connectivity index (χ2v) is 13.7. The maximum Gasteiger partial charge on any atom is 0.143 e. The Balaban J connectivity index is 1.07. The smallest absolute Gasteiger partial charge is 0.143 e. The highest BCUT2D eigenvalue weighted by Crippen LogP contribution is 2.50. The van der Waals surface area contributed by atoms with E-state index in [4.69, 9.17) is 4.42 Å². The maximum atomic E-state index is 6.38. The Morgan fingerprint density at radius 3 is 1.83 bits per heavy atom. The van der Waals surface area contributed by atoms with Gasteiger partial charge in [-0.25, -0.2) is 0 Å². The Hall–Kier alpha value is -5.92. The highest BCUT2D eigenvalue weighted by atomic mass is 16.3. The molecule has 1 heteroatoms. The average molecular weight is 613 g/mol. The highest BCUT2D eigenvalue weighted by Gasteiger charge is 2.35. The Bertz CT molecular complexity index is 2760. The molecular weight excluding hydrogens is 581 g/mol. The third kappa shape index (κ3) is 3.98. The minimum Gasteiger partial charge on any atom is -0.455 e. The third-order valence-corrected chi connectivity index (χ3v) is 10.6. The number of fused-ring (bicyclic) bond motifs is 9. The predicted molar refractivity (Wildman–Crippen MR) is 203 cm³/mol. The van der Waals surface area contributed by atoms with Gasteiger partial charge in [-0.15, -0.1) is 0 Å². The fourth-order valence-corrected chi connectivity index (χ4v) is 8.15. The fraction of sp³-hybridized carbons (Fsp3) is 0.0638. The lowest BCUT2D eigenvalue weighted by Gasteiger charge is -2.22. The molecule has 0 atom stereocenters. The van der Waals surface area contributed by atoms with Crippen molar-refractivity contribution >= 4 is 43.5 Å². The van der Waals surface area contributed by atoms with Crippen LogP contribution in [0.25, 0.3) is 88.0 Å². The van der Waals surface area contributed by atoms with Crippen molar-refractivity contribution in [3.8, 4) is 44.5 Å². The van der Waals surface area contributed by atoms with Crippen LogP contribution in [-0.4, -0.2) is 0 Å². The van der Waals surface area contributed by atoms with Crippen LogP contribution < -0.4 is 0 Å². The van der Waals surface area contributed by atoms with Crippen LogP contribution in [0.3, 0.4) is 0 Å². The molecule has 0 bridgehead atoms. The first-order chi connectivity index (χ1) is 23.5. The summed E-state index contributed by atoms with van der Waals surface area (Å²) < 4.78 is 6.38. The number of furan rings is 1. The first-order valence-corrected chi connectivity index (χ1v) is 16.8. The molecule has 0 spiro atoms. The summed E-state index contributed by atoms with van der Waals surface area (Å²) in [7, 11) is 0. The largest absolute Gasteiger partial charge is 0.455 e. The Morgan fingerprint density at radius 2 is 0.979 bits per heavy atom. The van der Waals surface area contributed by atoms with Gasteiger partial charge in [0.05, 0.1) is 0 Å². The maximum absolute atomic E-state index is 6.38. The molecular formula is C47H32O. The van der Waals surface area contributed by atoms with Gasteiger partial charge in [0.25, 0.3) is 0 Å². The standard InChI is InChI=1S/C47H32O/c1-47(2)43-18-5-3-14-37(43)42-27-35-23-21-29-20-22-33(26-40(29)41(35)28-44(42)47)31-11-7-10-30(24-31)32-12-8-13-34(25-32)36-16-9-17-39-38-15-4-6-19-45(38)48-46(36)39/h3-28H,1-2H3. The van der Waals surface area contributed by atoms with E-state index in [-0.39, 0.29) is 5.41 Å². The van der Waals surface area contributed by atoms with Gasteiger partial charge in [-0.05, 0) is 108 Å². The van der Waals surface area contributed by atoms with Gasteiger partial charge in [0.2, 0.25) is 0 Å². The lowest BCUT2D eigenvalue weighted by molar-refractivity contribution is 0.661. The summed E-state index contributed by atoms with van der Waals surface area (Å²) >= 11 is 0. The van der Waals surface area contributed by atoms with E-state index < -0.39 is 0 Å². The molecule has 0 N–H and O–H groups in total. The summed E-state index contributed by atoms with van der Waals surface area (Å²) in [5, 5.41) is 7.47. The van der Waals surface area contributed by atoms with Gasteiger partial charge in [-0.3, -0.25) is 0 Å². The third-order valence-electron chi connectivity index (χ3n) is 10.6. The summed E-state index contributed by atoms with van der Waals surface area (Å²) in [4.78, 5) is 0. The van der Waals surface area contributed by atoms with Crippen LogP contribution in [0.2, 0.25) is 0 Å². The number of rotatable bonds is 3. The molecule has 0 saturated carbocycles. The number of hydrogen-bond acceptors (Lipinski definition) is 1. The van der Waals surface area contributed by atoms with E-state index >= 15 is 0 Å². The van der Waals surface area contributed by atoms with Crippen molar-refractivity contribution in [2.75, 3.05) is 0 Å². The van der Waals surface area contributed by atoms with E-state index in [1.807, 2.05) is 12.1 Å². The van der Waals surface area contributed by atoms with Gasteiger partial charge in [-0.2, -0.15) is 0 Å². The molecule has 1 aliphatic rings. The van der Waals surface area contributed by atoms with Crippen molar-refractivity contribution in [3.05, 3.63) is 169 Å². The van der Waals surface area contributed by atoms with Gasteiger partial charge in [0.1, 0.15) is 11.2 Å². The normalized spacial score (nSPS) is 13.4. The van der Waals surface area contributed by atoms with Crippen LogP contribution in [0.5, 0.6) is 0 Å². The van der Waals surface area contributed by atoms with Gasteiger partial charge < -0.3 is 4.42 Å². The molecule has 1 heterocycles. The molecule has 0 unspecified atom stereocenters. The van der Waals surface area contributed by atoms with Crippen molar-refractivity contribution < 1.29 is 4.42 Å². The lowest BCUT2D eigenvalue weighted by Crippen LogP contribution is -2.14. The molecule has 1 aromatic heterocycles. The van der Waals surface area contributed by atoms with Crippen LogP contribution in [-0.2, 0) is 5.41 Å². The van der Waals surface area contributed by atoms with Crippen molar-refractivity contribution in [2.24, 2.45) is 0 Å². The monoisotopic (exact) mass is 612 g/mol. The zero-order valence-electron chi connectivity index (χ0n) is 26.9. The van der Waals surface area contributed by atoms with E-state index in [0.717, 1.165) is 33.1 Å². The Morgan fingerprint density at radius 1 is 0.375 bits per heavy atom. The van der Waals surface area contributed by atoms with E-state index in [1.165, 1.54) is 66.1 Å². The summed E-state index contributed by atoms with van der Waals surface area (Å²) in [5.74, 6) is 0. The van der Waals surface area contributed by atoms with Crippen molar-refractivity contribution in [3.63, 3.8) is 0 Å². The summed E-state index contributed by atoms with van der Waals surface area (Å²) in [5.41, 5.74) is 14.5.